The van der Waals surface area contributed by atoms with Crippen molar-refractivity contribution in [3.8, 4) is 0 Å². The van der Waals surface area contributed by atoms with Crippen LogP contribution < -0.4 is 5.32 Å². The zero-order valence-electron chi connectivity index (χ0n) is 12.8. The number of rotatable bonds is 3. The van der Waals surface area contributed by atoms with E-state index in [1.54, 1.807) is 0 Å². The van der Waals surface area contributed by atoms with E-state index < -0.39 is 5.60 Å². The fourth-order valence-electron chi connectivity index (χ4n) is 3.26. The molecule has 3 rings (SSSR count). The van der Waals surface area contributed by atoms with Crippen molar-refractivity contribution < 1.29 is 14.3 Å². The number of fused-ring (bicyclic) bond motifs is 2. The van der Waals surface area contributed by atoms with E-state index in [1.165, 1.54) is 12.8 Å². The van der Waals surface area contributed by atoms with Crippen molar-refractivity contribution in [3.05, 3.63) is 0 Å². The molecule has 2 aliphatic heterocycles. The number of nitrogens with one attached hydrogen (secondary N) is 1. The molecule has 3 fully saturated rings. The third-order valence-corrected chi connectivity index (χ3v) is 4.36. The molecule has 1 saturated carbocycles. The Labute approximate surface area is 121 Å². The van der Waals surface area contributed by atoms with Gasteiger partial charge in [-0.2, -0.15) is 0 Å². The van der Waals surface area contributed by atoms with Gasteiger partial charge < -0.3 is 14.8 Å². The molecule has 1 N–H and O–H groups in total. The van der Waals surface area contributed by atoms with Gasteiger partial charge in [0, 0.05) is 19.1 Å². The van der Waals surface area contributed by atoms with Crippen LogP contribution in [0.3, 0.4) is 0 Å². The third-order valence-electron chi connectivity index (χ3n) is 4.36. The highest BCUT2D eigenvalue weighted by atomic mass is 16.6. The van der Waals surface area contributed by atoms with Gasteiger partial charge >= 0.3 is 6.09 Å². The molecular weight excluding hydrogens is 256 g/mol. The minimum Gasteiger partial charge on any atom is -0.444 e. The molecule has 0 aromatic heterocycles. The van der Waals surface area contributed by atoms with Crippen LogP contribution in [0.5, 0.6) is 0 Å². The molecule has 2 heterocycles. The molecule has 5 heteroatoms. The summed E-state index contributed by atoms with van der Waals surface area (Å²) in [5.74, 6) is 0. The summed E-state index contributed by atoms with van der Waals surface area (Å²) in [6.45, 7) is 8.08. The second-order valence-electron chi connectivity index (χ2n) is 7.41. The van der Waals surface area contributed by atoms with Gasteiger partial charge in [-0.3, -0.25) is 4.90 Å². The van der Waals surface area contributed by atoms with Crippen molar-refractivity contribution in [3.63, 3.8) is 0 Å². The Morgan fingerprint density at radius 1 is 1.35 bits per heavy atom. The molecular formula is C15H26N2O3. The lowest BCUT2D eigenvalue weighted by Crippen LogP contribution is -2.64. The Morgan fingerprint density at radius 2 is 2.10 bits per heavy atom. The number of carbonyl (C=O) groups excluding carboxylic acids is 1. The number of hydrogen-bond donors (Lipinski definition) is 1. The zero-order chi connectivity index (χ0) is 14.4. The first-order valence-corrected chi connectivity index (χ1v) is 7.74. The van der Waals surface area contributed by atoms with E-state index in [9.17, 15) is 4.79 Å². The number of ether oxygens (including phenoxy) is 2. The van der Waals surface area contributed by atoms with Crippen LogP contribution in [0.1, 0.15) is 46.5 Å². The summed E-state index contributed by atoms with van der Waals surface area (Å²) in [5.41, 5.74) is -0.645. The minimum atomic E-state index is -0.445. The molecule has 0 unspecified atom stereocenters. The lowest BCUT2D eigenvalue weighted by Gasteiger charge is -2.45. The highest BCUT2D eigenvalue weighted by Crippen LogP contribution is 2.39. The fourth-order valence-corrected chi connectivity index (χ4v) is 3.26. The van der Waals surface area contributed by atoms with Crippen molar-refractivity contribution in [2.24, 2.45) is 0 Å². The number of carbonyl (C=O) groups is 1. The summed E-state index contributed by atoms with van der Waals surface area (Å²) >= 11 is 0. The summed E-state index contributed by atoms with van der Waals surface area (Å²) in [6.07, 6.45) is 4.63. The average molecular weight is 282 g/mol. The van der Waals surface area contributed by atoms with Crippen LogP contribution in [0, 0.1) is 0 Å². The minimum absolute atomic E-state index is 0.180. The first kappa shape index (κ1) is 14.1. The molecule has 3 aliphatic rings. The van der Waals surface area contributed by atoms with Crippen LogP contribution >= 0.6 is 0 Å². The molecule has 5 nitrogen and oxygen atoms in total. The second-order valence-corrected chi connectivity index (χ2v) is 7.41. The van der Waals surface area contributed by atoms with Crippen molar-refractivity contribution in [1.29, 1.82) is 0 Å². The van der Waals surface area contributed by atoms with Crippen LogP contribution in [-0.4, -0.2) is 54.0 Å². The molecule has 2 atom stereocenters. The van der Waals surface area contributed by atoms with Crippen LogP contribution in [0.4, 0.5) is 4.79 Å². The summed E-state index contributed by atoms with van der Waals surface area (Å²) in [4.78, 5) is 14.5. The Kier molecular flexibility index (Phi) is 3.45. The quantitative estimate of drug-likeness (QED) is 0.859. The Morgan fingerprint density at radius 3 is 2.75 bits per heavy atom. The smallest absolute Gasteiger partial charge is 0.411 e. The molecule has 0 aromatic rings. The summed E-state index contributed by atoms with van der Waals surface area (Å²) in [6, 6.07) is 0.251. The van der Waals surface area contributed by atoms with E-state index in [2.05, 4.69) is 5.32 Å². The zero-order valence-corrected chi connectivity index (χ0v) is 12.8. The largest absolute Gasteiger partial charge is 0.444 e. The summed E-state index contributed by atoms with van der Waals surface area (Å²) in [7, 11) is 0. The lowest BCUT2D eigenvalue weighted by molar-refractivity contribution is -0.0410. The first-order valence-electron chi connectivity index (χ1n) is 7.74. The standard InChI is InChI=1S/C15H26N2O3/c1-14(2,3)20-13(18)17-11-6-7-15(17,9-16-8-11)10-19-12-4-5-12/h11-12,16H,4-10H2,1-3H3/t11-,15+/m0/s1. The number of amides is 1. The predicted molar refractivity (Wildman–Crippen MR) is 75.7 cm³/mol. The maximum absolute atomic E-state index is 12.6. The van der Waals surface area contributed by atoms with E-state index in [1.807, 2.05) is 25.7 Å². The average Bonchev–Trinajstić information content (AvgIpc) is 3.12. The van der Waals surface area contributed by atoms with Crippen molar-refractivity contribution >= 4 is 6.09 Å². The van der Waals surface area contributed by atoms with Gasteiger partial charge in [0.15, 0.2) is 0 Å². The van der Waals surface area contributed by atoms with Gasteiger partial charge in [-0.1, -0.05) is 0 Å². The van der Waals surface area contributed by atoms with Crippen LogP contribution in [-0.2, 0) is 9.47 Å². The molecule has 20 heavy (non-hydrogen) atoms. The topological polar surface area (TPSA) is 50.8 Å². The highest BCUT2D eigenvalue weighted by molar-refractivity contribution is 5.70. The van der Waals surface area contributed by atoms with Crippen molar-refractivity contribution in [2.75, 3.05) is 19.7 Å². The van der Waals surface area contributed by atoms with Gasteiger partial charge in [0.25, 0.3) is 0 Å². The fraction of sp³-hybridized carbons (Fsp3) is 0.933. The van der Waals surface area contributed by atoms with Gasteiger partial charge in [-0.15, -0.1) is 0 Å². The lowest BCUT2D eigenvalue weighted by atomic mass is 9.97. The number of hydrogen-bond acceptors (Lipinski definition) is 4. The monoisotopic (exact) mass is 282 g/mol. The third kappa shape index (κ3) is 2.79. The summed E-state index contributed by atoms with van der Waals surface area (Å²) < 4.78 is 11.5. The first-order chi connectivity index (χ1) is 9.40. The van der Waals surface area contributed by atoms with E-state index in [0.29, 0.717) is 12.7 Å². The van der Waals surface area contributed by atoms with Crippen LogP contribution in [0.2, 0.25) is 0 Å². The maximum Gasteiger partial charge on any atom is 0.411 e. The normalized spacial score (nSPS) is 33.4. The van der Waals surface area contributed by atoms with Gasteiger partial charge in [-0.05, 0) is 46.5 Å². The molecule has 0 aromatic carbocycles. The van der Waals surface area contributed by atoms with E-state index in [0.717, 1.165) is 25.9 Å². The molecule has 1 amide bonds. The Bertz CT molecular complexity index is 385. The molecule has 0 radical (unpaired) electrons. The van der Waals surface area contributed by atoms with Crippen molar-refractivity contribution in [1.82, 2.24) is 10.2 Å². The number of nitrogens with zero attached hydrogens (tertiary/aromatic N) is 1. The second kappa shape index (κ2) is 4.88. The molecule has 1 aliphatic carbocycles. The van der Waals surface area contributed by atoms with Gasteiger partial charge in [0.1, 0.15) is 5.60 Å². The highest BCUT2D eigenvalue weighted by Gasteiger charge is 2.53. The predicted octanol–water partition coefficient (Wildman–Crippen LogP) is 1.91. The molecule has 0 spiro atoms. The Balaban J connectivity index is 1.73. The molecule has 2 saturated heterocycles. The van der Waals surface area contributed by atoms with E-state index in [-0.39, 0.29) is 17.7 Å². The van der Waals surface area contributed by atoms with Gasteiger partial charge in [0.2, 0.25) is 0 Å². The van der Waals surface area contributed by atoms with Gasteiger partial charge in [0.05, 0.1) is 18.2 Å². The van der Waals surface area contributed by atoms with E-state index >= 15 is 0 Å². The maximum atomic E-state index is 12.6. The summed E-state index contributed by atoms with van der Waals surface area (Å²) in [5, 5.41) is 3.45. The Hall–Kier alpha value is -0.810. The molecule has 114 valence electrons. The van der Waals surface area contributed by atoms with Crippen molar-refractivity contribution in [2.45, 2.75) is 69.7 Å². The molecule has 2 bridgehead atoms. The van der Waals surface area contributed by atoms with Crippen LogP contribution in [0.25, 0.3) is 0 Å². The van der Waals surface area contributed by atoms with E-state index in [4.69, 9.17) is 9.47 Å². The number of piperazine rings is 1. The van der Waals surface area contributed by atoms with Crippen LogP contribution in [0.15, 0.2) is 0 Å². The SMILES string of the molecule is CC(C)(C)OC(=O)N1[C@H]2CC[C@]1(COC1CC1)CNC2. The van der Waals surface area contributed by atoms with Gasteiger partial charge in [-0.25, -0.2) is 4.79 Å².